The van der Waals surface area contributed by atoms with Gasteiger partial charge in [0, 0.05) is 11.4 Å². The first kappa shape index (κ1) is 11.4. The Labute approximate surface area is 89.6 Å². The molecule has 1 nitrogen and oxygen atoms in total. The van der Waals surface area contributed by atoms with Crippen LogP contribution in [0, 0.1) is 0 Å². The van der Waals surface area contributed by atoms with Crippen molar-refractivity contribution in [2.75, 3.05) is 0 Å². The lowest BCUT2D eigenvalue weighted by Gasteiger charge is -2.10. The zero-order valence-corrected chi connectivity index (χ0v) is 8.45. The van der Waals surface area contributed by atoms with E-state index in [1.165, 1.54) is 24.3 Å². The normalized spacial score (nSPS) is 11.4. The molecule has 0 saturated heterocycles. The molecule has 0 aliphatic heterocycles. The van der Waals surface area contributed by atoms with Gasteiger partial charge >= 0.3 is 5.92 Å². The zero-order valence-electron chi connectivity index (χ0n) is 6.94. The van der Waals surface area contributed by atoms with E-state index in [0.29, 0.717) is 10.6 Å². The van der Waals surface area contributed by atoms with E-state index in [4.69, 9.17) is 23.2 Å². The first-order valence-electron chi connectivity index (χ1n) is 3.74. The second-order valence-electron chi connectivity index (χ2n) is 2.78. The lowest BCUT2D eigenvalue weighted by molar-refractivity contribution is -0.133. The molecule has 0 unspecified atom stereocenters. The SMILES string of the molecule is O=C(Cl)C(F)(F)Cc1ccc(Cl)cc1. The van der Waals surface area contributed by atoms with E-state index in [1.807, 2.05) is 0 Å². The van der Waals surface area contributed by atoms with Gasteiger partial charge in [-0.3, -0.25) is 4.79 Å². The number of rotatable bonds is 3. The van der Waals surface area contributed by atoms with E-state index < -0.39 is 17.6 Å². The summed E-state index contributed by atoms with van der Waals surface area (Å²) in [5.74, 6) is -3.52. The minimum Gasteiger partial charge on any atom is -0.274 e. The van der Waals surface area contributed by atoms with Gasteiger partial charge in [-0.2, -0.15) is 8.78 Å². The summed E-state index contributed by atoms with van der Waals surface area (Å²) in [5.41, 5.74) is 0.313. The minimum absolute atomic E-state index is 0.313. The van der Waals surface area contributed by atoms with Gasteiger partial charge in [0.05, 0.1) is 0 Å². The quantitative estimate of drug-likeness (QED) is 0.739. The Morgan fingerprint density at radius 1 is 1.29 bits per heavy atom. The first-order valence-corrected chi connectivity index (χ1v) is 4.49. The Balaban J connectivity index is 2.79. The van der Waals surface area contributed by atoms with Gasteiger partial charge in [-0.15, -0.1) is 0 Å². The molecule has 0 aliphatic carbocycles. The number of carbonyl (C=O) groups is 1. The van der Waals surface area contributed by atoms with Crippen molar-refractivity contribution in [3.05, 3.63) is 34.9 Å². The van der Waals surface area contributed by atoms with Crippen molar-refractivity contribution in [2.24, 2.45) is 0 Å². The van der Waals surface area contributed by atoms with E-state index >= 15 is 0 Å². The van der Waals surface area contributed by atoms with Gasteiger partial charge in [-0.05, 0) is 29.3 Å². The maximum Gasteiger partial charge on any atom is 0.324 e. The summed E-state index contributed by atoms with van der Waals surface area (Å²) in [5, 5.41) is -1.19. The van der Waals surface area contributed by atoms with Crippen LogP contribution in [0.3, 0.4) is 0 Å². The molecule has 0 atom stereocenters. The maximum absolute atomic E-state index is 12.8. The van der Waals surface area contributed by atoms with Crippen LogP contribution in [-0.4, -0.2) is 11.2 Å². The molecular formula is C9H6Cl2F2O. The summed E-state index contributed by atoms with van der Waals surface area (Å²) in [7, 11) is 0. The highest BCUT2D eigenvalue weighted by Gasteiger charge is 2.37. The van der Waals surface area contributed by atoms with E-state index in [1.54, 1.807) is 0 Å². The Hall–Kier alpha value is -0.670. The zero-order chi connectivity index (χ0) is 10.8. The molecule has 0 aliphatic rings. The molecule has 0 bridgehead atoms. The predicted molar refractivity (Wildman–Crippen MR) is 51.0 cm³/mol. The van der Waals surface area contributed by atoms with Crippen LogP contribution in [0.4, 0.5) is 8.78 Å². The number of hydrogen-bond acceptors (Lipinski definition) is 1. The Morgan fingerprint density at radius 3 is 2.21 bits per heavy atom. The number of hydrogen-bond donors (Lipinski definition) is 0. The van der Waals surface area contributed by atoms with Crippen molar-refractivity contribution in [1.82, 2.24) is 0 Å². The van der Waals surface area contributed by atoms with Gasteiger partial charge in [-0.1, -0.05) is 23.7 Å². The van der Waals surface area contributed by atoms with E-state index in [-0.39, 0.29) is 0 Å². The molecule has 0 amide bonds. The largest absolute Gasteiger partial charge is 0.324 e. The van der Waals surface area contributed by atoms with Gasteiger partial charge in [0.15, 0.2) is 0 Å². The third-order valence-corrected chi connectivity index (χ3v) is 2.16. The molecule has 0 N–H and O–H groups in total. The summed E-state index contributed by atoms with van der Waals surface area (Å²) >= 11 is 10.3. The minimum atomic E-state index is -3.52. The predicted octanol–water partition coefficient (Wildman–Crippen LogP) is 3.28. The highest BCUT2D eigenvalue weighted by molar-refractivity contribution is 6.65. The van der Waals surface area contributed by atoms with E-state index in [2.05, 4.69) is 0 Å². The molecule has 76 valence electrons. The van der Waals surface area contributed by atoms with Crippen LogP contribution >= 0.6 is 23.2 Å². The molecule has 1 rings (SSSR count). The topological polar surface area (TPSA) is 17.1 Å². The van der Waals surface area contributed by atoms with Crippen molar-refractivity contribution in [3.8, 4) is 0 Å². The monoisotopic (exact) mass is 238 g/mol. The van der Waals surface area contributed by atoms with Gasteiger partial charge in [0.2, 0.25) is 0 Å². The molecule has 0 fully saturated rings. The molecule has 0 radical (unpaired) electrons. The number of halogens is 4. The summed E-state index contributed by atoms with van der Waals surface area (Å²) in [6.45, 7) is 0. The molecule has 0 aromatic heterocycles. The van der Waals surface area contributed by atoms with Crippen LogP contribution in [0.2, 0.25) is 5.02 Å². The van der Waals surface area contributed by atoms with Crippen LogP contribution in [0.1, 0.15) is 5.56 Å². The van der Waals surface area contributed by atoms with Crippen molar-refractivity contribution < 1.29 is 13.6 Å². The molecule has 14 heavy (non-hydrogen) atoms. The van der Waals surface area contributed by atoms with Crippen LogP contribution in [-0.2, 0) is 11.2 Å². The fraction of sp³-hybridized carbons (Fsp3) is 0.222. The summed E-state index contributed by atoms with van der Waals surface area (Å²) in [4.78, 5) is 10.3. The maximum atomic E-state index is 12.8. The average Bonchev–Trinajstić information content (AvgIpc) is 2.08. The number of alkyl halides is 2. The highest BCUT2D eigenvalue weighted by atomic mass is 35.5. The van der Waals surface area contributed by atoms with Gasteiger partial charge in [0.25, 0.3) is 5.24 Å². The van der Waals surface area contributed by atoms with Gasteiger partial charge in [0.1, 0.15) is 0 Å². The lowest BCUT2D eigenvalue weighted by Crippen LogP contribution is -2.26. The summed E-state index contributed by atoms with van der Waals surface area (Å²) < 4.78 is 25.6. The average molecular weight is 239 g/mol. The van der Waals surface area contributed by atoms with Gasteiger partial charge < -0.3 is 0 Å². The third kappa shape index (κ3) is 2.93. The summed E-state index contributed by atoms with van der Waals surface area (Å²) in [6, 6.07) is 5.81. The van der Waals surface area contributed by atoms with Crippen molar-refractivity contribution in [1.29, 1.82) is 0 Å². The molecule has 1 aromatic rings. The van der Waals surface area contributed by atoms with Crippen LogP contribution in [0.15, 0.2) is 24.3 Å². The molecule has 1 aromatic carbocycles. The first-order chi connectivity index (χ1) is 6.42. The van der Waals surface area contributed by atoms with Crippen LogP contribution < -0.4 is 0 Å². The van der Waals surface area contributed by atoms with Crippen molar-refractivity contribution in [3.63, 3.8) is 0 Å². The lowest BCUT2D eigenvalue weighted by atomic mass is 10.1. The fourth-order valence-electron chi connectivity index (χ4n) is 0.928. The number of benzene rings is 1. The highest BCUT2D eigenvalue weighted by Crippen LogP contribution is 2.23. The number of carbonyl (C=O) groups excluding carboxylic acids is 1. The molecule has 0 heterocycles. The van der Waals surface area contributed by atoms with Crippen LogP contribution in [0.25, 0.3) is 0 Å². The molecule has 0 spiro atoms. The van der Waals surface area contributed by atoms with Crippen LogP contribution in [0.5, 0.6) is 0 Å². The summed E-state index contributed by atoms with van der Waals surface area (Å²) in [6.07, 6.45) is -0.702. The van der Waals surface area contributed by atoms with E-state index in [9.17, 15) is 13.6 Å². The molecule has 0 saturated carbocycles. The molecular weight excluding hydrogens is 233 g/mol. The second-order valence-corrected chi connectivity index (χ2v) is 3.56. The molecule has 5 heteroatoms. The van der Waals surface area contributed by atoms with Crippen molar-refractivity contribution >= 4 is 28.4 Å². The second kappa shape index (κ2) is 4.24. The Kier molecular flexibility index (Phi) is 3.45. The smallest absolute Gasteiger partial charge is 0.274 e. The standard InChI is InChI=1S/C9H6Cl2F2O/c10-7-3-1-6(2-4-7)5-9(12,13)8(11)14/h1-4H,5H2. The third-order valence-electron chi connectivity index (χ3n) is 1.63. The fourth-order valence-corrected chi connectivity index (χ4v) is 1.12. The van der Waals surface area contributed by atoms with Crippen molar-refractivity contribution in [2.45, 2.75) is 12.3 Å². The van der Waals surface area contributed by atoms with Gasteiger partial charge in [-0.25, -0.2) is 0 Å². The Bertz CT molecular complexity index is 335. The van der Waals surface area contributed by atoms with E-state index in [0.717, 1.165) is 0 Å². The Morgan fingerprint density at radius 2 is 1.79 bits per heavy atom.